The lowest BCUT2D eigenvalue weighted by atomic mass is 10.1. The Morgan fingerprint density at radius 1 is 1.48 bits per heavy atom. The van der Waals surface area contributed by atoms with E-state index in [-0.39, 0.29) is 18.9 Å². The zero-order valence-electron chi connectivity index (χ0n) is 12.4. The Labute approximate surface area is 134 Å². The van der Waals surface area contributed by atoms with Crippen LogP contribution in [0, 0.1) is 0 Å². The fraction of sp³-hybridized carbons (Fsp3) is 0.900. The van der Waals surface area contributed by atoms with Crippen molar-refractivity contribution in [1.29, 1.82) is 0 Å². The summed E-state index contributed by atoms with van der Waals surface area (Å²) in [6.07, 6.45) is -2.93. The van der Waals surface area contributed by atoms with Gasteiger partial charge in [-0.05, 0) is 19.4 Å². The summed E-state index contributed by atoms with van der Waals surface area (Å²) in [6.45, 7) is 2.97. The summed E-state index contributed by atoms with van der Waals surface area (Å²) < 4.78 is 30.8. The number of carbonyl (C=O) groups is 1. The van der Waals surface area contributed by atoms with Crippen LogP contribution in [0.5, 0.6) is 0 Å². The van der Waals surface area contributed by atoms with Crippen molar-refractivity contribution in [1.82, 2.24) is 0 Å². The lowest BCUT2D eigenvalue weighted by Crippen LogP contribution is -2.48. The maximum absolute atomic E-state index is 12.2. The molecule has 2 rings (SSSR count). The summed E-state index contributed by atoms with van der Waals surface area (Å²) in [5.74, 6) is -3.89. The Balaban J connectivity index is 2.28. The zero-order chi connectivity index (χ0) is 17.1. The van der Waals surface area contributed by atoms with Crippen LogP contribution in [-0.2, 0) is 37.3 Å². The van der Waals surface area contributed by atoms with E-state index in [9.17, 15) is 10.1 Å². The summed E-state index contributed by atoms with van der Waals surface area (Å²) in [7, 11) is 1.16. The predicted molar refractivity (Wildman–Crippen MR) is 68.3 cm³/mol. The Kier molecular flexibility index (Phi) is 5.67. The first-order chi connectivity index (χ1) is 10.9. The standard InChI is InChI=1S/C10H15N3O9S/c1-9(2)18-7-6(19-23-22-21-15)5(4-12-13-11)17-10(7,20-9)8(14)16-3/h5-7,15H,4H2,1-3H3/p-1/t5-,6?,7-,10+/m0/s1. The Hall–Kier alpha value is -1.15. The van der Waals surface area contributed by atoms with E-state index in [1.807, 2.05) is 0 Å². The summed E-state index contributed by atoms with van der Waals surface area (Å²) >= 11 is 0.218. The van der Waals surface area contributed by atoms with E-state index in [1.54, 1.807) is 13.8 Å². The molecule has 4 atom stereocenters. The van der Waals surface area contributed by atoms with Crippen molar-refractivity contribution < 1.29 is 42.6 Å². The third kappa shape index (κ3) is 3.52. The molecule has 0 aromatic carbocycles. The van der Waals surface area contributed by atoms with E-state index in [2.05, 4.69) is 19.4 Å². The number of ether oxygens (including phenoxy) is 4. The van der Waals surface area contributed by atoms with Gasteiger partial charge in [-0.1, -0.05) is 5.11 Å². The molecular weight excluding hydrogens is 338 g/mol. The molecule has 23 heavy (non-hydrogen) atoms. The van der Waals surface area contributed by atoms with Gasteiger partial charge >= 0.3 is 11.8 Å². The van der Waals surface area contributed by atoms with E-state index in [0.717, 1.165) is 7.11 Å². The van der Waals surface area contributed by atoms with Crippen LogP contribution in [-0.4, -0.2) is 49.5 Å². The molecule has 2 fully saturated rings. The normalized spacial score (nSPS) is 34.7. The van der Waals surface area contributed by atoms with Crippen molar-refractivity contribution in [3.05, 3.63) is 10.4 Å². The maximum atomic E-state index is 12.2. The number of methoxy groups -OCH3 is 1. The van der Waals surface area contributed by atoms with Crippen molar-refractivity contribution in [2.75, 3.05) is 13.7 Å². The molecule has 0 spiro atoms. The van der Waals surface area contributed by atoms with E-state index in [4.69, 9.17) is 28.7 Å². The topological polar surface area (TPSA) is 154 Å². The first-order valence-corrected chi connectivity index (χ1v) is 7.00. The molecule has 2 aliphatic heterocycles. The Bertz CT molecular complexity index is 500. The van der Waals surface area contributed by atoms with Crippen molar-refractivity contribution in [2.24, 2.45) is 5.11 Å². The van der Waals surface area contributed by atoms with Crippen LogP contribution in [0.3, 0.4) is 0 Å². The Morgan fingerprint density at radius 3 is 2.83 bits per heavy atom. The van der Waals surface area contributed by atoms with E-state index in [1.165, 1.54) is 0 Å². The minimum Gasteiger partial charge on any atom is -0.691 e. The van der Waals surface area contributed by atoms with Crippen molar-refractivity contribution in [2.45, 2.75) is 43.7 Å². The summed E-state index contributed by atoms with van der Waals surface area (Å²) in [5, 5.41) is 16.4. The van der Waals surface area contributed by atoms with Crippen LogP contribution in [0.1, 0.15) is 13.8 Å². The van der Waals surface area contributed by atoms with Gasteiger partial charge < -0.3 is 24.2 Å². The van der Waals surface area contributed by atoms with Gasteiger partial charge in [-0.3, -0.25) is 9.22 Å². The minimum absolute atomic E-state index is 0.178. The quantitative estimate of drug-likeness (QED) is 0.0885. The Morgan fingerprint density at radius 2 is 2.22 bits per heavy atom. The highest BCUT2D eigenvalue weighted by atomic mass is 32.2. The van der Waals surface area contributed by atoms with Gasteiger partial charge in [0, 0.05) is 4.91 Å². The molecule has 0 amide bonds. The third-order valence-corrected chi connectivity index (χ3v) is 3.59. The lowest BCUT2D eigenvalue weighted by Gasteiger charge is -2.26. The average molecular weight is 352 g/mol. The van der Waals surface area contributed by atoms with Gasteiger partial charge in [0.2, 0.25) is 0 Å². The molecule has 0 radical (unpaired) electrons. The van der Waals surface area contributed by atoms with E-state index >= 15 is 0 Å². The molecule has 2 aliphatic rings. The molecule has 1 unspecified atom stereocenters. The molecule has 13 heteroatoms. The van der Waals surface area contributed by atoms with Gasteiger partial charge in [0.25, 0.3) is 0 Å². The molecule has 130 valence electrons. The lowest BCUT2D eigenvalue weighted by molar-refractivity contribution is -0.777. The molecule has 0 aliphatic carbocycles. The van der Waals surface area contributed by atoms with Gasteiger partial charge in [0.05, 0.1) is 19.8 Å². The SMILES string of the molecule is COC(=O)[C@@]12O[C@@H](CN=[N+]=[N-])C(OSOO[O-])[C@@H]1OC(C)(C)O2. The van der Waals surface area contributed by atoms with Gasteiger partial charge in [-0.2, -0.15) is 0 Å². The first kappa shape index (κ1) is 18.2. The second kappa shape index (κ2) is 7.17. The van der Waals surface area contributed by atoms with Crippen LogP contribution in [0.2, 0.25) is 0 Å². The number of hydrogen-bond acceptors (Lipinski definition) is 11. The van der Waals surface area contributed by atoms with Crippen LogP contribution in [0.25, 0.3) is 10.4 Å². The van der Waals surface area contributed by atoms with Crippen LogP contribution in [0.15, 0.2) is 5.11 Å². The van der Waals surface area contributed by atoms with E-state index in [0.29, 0.717) is 0 Å². The summed E-state index contributed by atoms with van der Waals surface area (Å²) in [6, 6.07) is 0. The van der Waals surface area contributed by atoms with Crippen LogP contribution in [0.4, 0.5) is 0 Å². The van der Waals surface area contributed by atoms with Crippen LogP contribution >= 0.6 is 12.3 Å². The summed E-state index contributed by atoms with van der Waals surface area (Å²) in [4.78, 5) is 14.8. The second-order valence-electron chi connectivity index (χ2n) is 5.03. The highest BCUT2D eigenvalue weighted by molar-refractivity contribution is 7.89. The molecule has 0 saturated carbocycles. The highest BCUT2D eigenvalue weighted by Crippen LogP contribution is 2.48. The molecule has 0 aromatic rings. The third-order valence-electron chi connectivity index (χ3n) is 3.17. The fourth-order valence-electron chi connectivity index (χ4n) is 2.48. The molecule has 0 aromatic heterocycles. The van der Waals surface area contributed by atoms with Gasteiger partial charge in [-0.15, -0.1) is 4.33 Å². The molecule has 0 N–H and O–H groups in total. The number of hydrogen-bond donors (Lipinski definition) is 0. The average Bonchev–Trinajstić information content (AvgIpc) is 2.93. The molecule has 12 nitrogen and oxygen atoms in total. The molecule has 2 heterocycles. The second-order valence-corrected chi connectivity index (χ2v) is 5.50. The number of nitrogens with zero attached hydrogens (tertiary/aromatic N) is 3. The van der Waals surface area contributed by atoms with Gasteiger partial charge in [0.15, 0.2) is 24.2 Å². The van der Waals surface area contributed by atoms with Crippen molar-refractivity contribution >= 4 is 18.3 Å². The largest absolute Gasteiger partial charge is 0.691 e. The number of fused-ring (bicyclic) bond motifs is 1. The highest BCUT2D eigenvalue weighted by Gasteiger charge is 2.70. The summed E-state index contributed by atoms with van der Waals surface area (Å²) in [5.41, 5.74) is 8.45. The van der Waals surface area contributed by atoms with Gasteiger partial charge in [0.1, 0.15) is 6.10 Å². The van der Waals surface area contributed by atoms with Gasteiger partial charge in [-0.25, -0.2) is 4.79 Å². The number of esters is 1. The van der Waals surface area contributed by atoms with Crippen LogP contribution < -0.4 is 5.26 Å². The van der Waals surface area contributed by atoms with Crippen molar-refractivity contribution in [3.63, 3.8) is 0 Å². The monoisotopic (exact) mass is 352 g/mol. The molecular formula is C10H14N3O9S-. The minimum atomic E-state index is -1.89. The zero-order valence-corrected chi connectivity index (χ0v) is 13.2. The number of rotatable bonds is 7. The number of carbonyl (C=O) groups excluding carboxylic acids is 1. The predicted octanol–water partition coefficient (Wildman–Crippen LogP) is -0.112. The first-order valence-electron chi connectivity index (χ1n) is 6.34. The van der Waals surface area contributed by atoms with E-state index < -0.39 is 35.9 Å². The number of azide groups is 1. The van der Waals surface area contributed by atoms with Crippen molar-refractivity contribution in [3.8, 4) is 0 Å². The molecule has 0 bridgehead atoms. The smallest absolute Gasteiger partial charge is 0.369 e. The maximum Gasteiger partial charge on any atom is 0.369 e. The fourth-order valence-corrected chi connectivity index (χ4v) is 2.85. The molecule has 2 saturated heterocycles.